The van der Waals surface area contributed by atoms with Gasteiger partial charge in [-0.15, -0.1) is 0 Å². The van der Waals surface area contributed by atoms with Crippen LogP contribution in [-0.2, 0) is 4.79 Å². The number of rotatable bonds is 2. The number of aliphatic imine (C=N–C) groups is 1. The Morgan fingerprint density at radius 3 is 2.22 bits per heavy atom. The van der Waals surface area contributed by atoms with Gasteiger partial charge in [0.25, 0.3) is 0 Å². The van der Waals surface area contributed by atoms with E-state index in [0.717, 1.165) is 12.0 Å². The van der Waals surface area contributed by atoms with Gasteiger partial charge < -0.3 is 0 Å². The second kappa shape index (κ2) is 4.01. The van der Waals surface area contributed by atoms with Gasteiger partial charge in [-0.05, 0) is 13.8 Å². The van der Waals surface area contributed by atoms with E-state index in [9.17, 15) is 4.79 Å². The first-order valence-corrected chi connectivity index (χ1v) is 2.81. The molecule has 0 aliphatic heterocycles. The Labute approximate surface area is 55.3 Å². The number of allylic oxidation sites excluding steroid dienone is 2. The van der Waals surface area contributed by atoms with Crippen molar-refractivity contribution in [3.8, 4) is 0 Å². The van der Waals surface area contributed by atoms with E-state index in [1.165, 1.54) is 0 Å². The van der Waals surface area contributed by atoms with Crippen LogP contribution in [0, 0.1) is 0 Å². The summed E-state index contributed by atoms with van der Waals surface area (Å²) in [6, 6.07) is 0. The van der Waals surface area contributed by atoms with Crippen LogP contribution in [0.2, 0.25) is 0 Å². The molecule has 0 amide bonds. The third-order valence-corrected chi connectivity index (χ3v) is 1.19. The lowest BCUT2D eigenvalue weighted by Gasteiger charge is -1.92. The maximum Gasteiger partial charge on any atom is 0.151 e. The quantitative estimate of drug-likeness (QED) is 0.310. The van der Waals surface area contributed by atoms with Crippen LogP contribution in [0.1, 0.15) is 13.8 Å². The highest BCUT2D eigenvalue weighted by Crippen LogP contribution is 1.91. The molecule has 0 fully saturated rings. The zero-order chi connectivity index (χ0) is 7.28. The Bertz CT molecular complexity index is 156. The van der Waals surface area contributed by atoms with Crippen molar-refractivity contribution >= 4 is 12.0 Å². The average molecular weight is 125 g/mol. The van der Waals surface area contributed by atoms with Gasteiger partial charge in [0.05, 0.1) is 0 Å². The lowest BCUT2D eigenvalue weighted by molar-refractivity contribution is -0.104. The van der Waals surface area contributed by atoms with Crippen LogP contribution in [0.4, 0.5) is 0 Å². The van der Waals surface area contributed by atoms with Gasteiger partial charge >= 0.3 is 0 Å². The highest BCUT2D eigenvalue weighted by atomic mass is 16.1. The first-order valence-electron chi connectivity index (χ1n) is 2.81. The first-order chi connectivity index (χ1) is 4.26. The molecule has 0 aromatic carbocycles. The van der Waals surface area contributed by atoms with Gasteiger partial charge in [0.15, 0.2) is 6.29 Å². The SMILES string of the molecule is C/C=C(/C=O)C(C)=NC. The number of hydrogen-bond acceptors (Lipinski definition) is 2. The number of carbonyl (C=O) groups excluding carboxylic acids is 1. The second-order valence-electron chi connectivity index (χ2n) is 1.67. The van der Waals surface area contributed by atoms with Gasteiger partial charge in [0.2, 0.25) is 0 Å². The lowest BCUT2D eigenvalue weighted by Crippen LogP contribution is -1.97. The smallest absolute Gasteiger partial charge is 0.151 e. The summed E-state index contributed by atoms with van der Waals surface area (Å²) in [6.07, 6.45) is 2.55. The monoisotopic (exact) mass is 125 g/mol. The fraction of sp³-hybridized carbons (Fsp3) is 0.429. The summed E-state index contributed by atoms with van der Waals surface area (Å²) in [4.78, 5) is 14.0. The Hall–Kier alpha value is -0.920. The summed E-state index contributed by atoms with van der Waals surface area (Å²) in [7, 11) is 1.67. The molecular weight excluding hydrogens is 114 g/mol. The van der Waals surface area contributed by atoms with Crippen LogP contribution in [0.3, 0.4) is 0 Å². The minimum Gasteiger partial charge on any atom is -0.298 e. The van der Waals surface area contributed by atoms with Crippen molar-refractivity contribution in [2.24, 2.45) is 4.99 Å². The number of hydrogen-bond donors (Lipinski definition) is 0. The molecule has 0 bridgehead atoms. The van der Waals surface area contributed by atoms with Gasteiger partial charge in [0, 0.05) is 18.3 Å². The molecule has 9 heavy (non-hydrogen) atoms. The fourth-order valence-electron chi connectivity index (χ4n) is 0.491. The maximum absolute atomic E-state index is 10.2. The Kier molecular flexibility index (Phi) is 3.60. The van der Waals surface area contributed by atoms with Gasteiger partial charge in [-0.3, -0.25) is 9.79 Å². The molecule has 0 aliphatic carbocycles. The van der Waals surface area contributed by atoms with Crippen molar-refractivity contribution in [2.45, 2.75) is 13.8 Å². The number of carbonyl (C=O) groups is 1. The molecule has 0 aromatic rings. The summed E-state index contributed by atoms with van der Waals surface area (Å²) in [5, 5.41) is 0. The van der Waals surface area contributed by atoms with Crippen LogP contribution in [0.15, 0.2) is 16.6 Å². The summed E-state index contributed by atoms with van der Waals surface area (Å²) >= 11 is 0. The zero-order valence-electron chi connectivity index (χ0n) is 6.01. The van der Waals surface area contributed by atoms with Crippen molar-refractivity contribution < 1.29 is 4.79 Å². The highest BCUT2D eigenvalue weighted by molar-refractivity contribution is 6.13. The maximum atomic E-state index is 10.2. The van der Waals surface area contributed by atoms with E-state index in [1.54, 1.807) is 13.1 Å². The summed E-state index contributed by atoms with van der Waals surface area (Å²) in [5.74, 6) is 0. The van der Waals surface area contributed by atoms with E-state index in [1.807, 2.05) is 13.8 Å². The van der Waals surface area contributed by atoms with E-state index < -0.39 is 0 Å². The molecule has 0 aliphatic rings. The van der Waals surface area contributed by atoms with Crippen molar-refractivity contribution in [1.29, 1.82) is 0 Å². The molecule has 0 saturated carbocycles. The molecule has 50 valence electrons. The van der Waals surface area contributed by atoms with E-state index in [-0.39, 0.29) is 0 Å². The van der Waals surface area contributed by atoms with Crippen molar-refractivity contribution in [1.82, 2.24) is 0 Å². The third-order valence-electron chi connectivity index (χ3n) is 1.19. The number of nitrogens with zero attached hydrogens (tertiary/aromatic N) is 1. The van der Waals surface area contributed by atoms with Gasteiger partial charge in [-0.25, -0.2) is 0 Å². The topological polar surface area (TPSA) is 29.4 Å². The summed E-state index contributed by atoms with van der Waals surface area (Å²) < 4.78 is 0. The Balaban J connectivity index is 4.32. The van der Waals surface area contributed by atoms with Crippen LogP contribution in [0.5, 0.6) is 0 Å². The van der Waals surface area contributed by atoms with Gasteiger partial charge in [0.1, 0.15) is 0 Å². The molecule has 0 atom stereocenters. The second-order valence-corrected chi connectivity index (χ2v) is 1.67. The van der Waals surface area contributed by atoms with Crippen LogP contribution in [-0.4, -0.2) is 19.0 Å². The fourth-order valence-corrected chi connectivity index (χ4v) is 0.491. The Morgan fingerprint density at radius 1 is 1.56 bits per heavy atom. The van der Waals surface area contributed by atoms with E-state index in [4.69, 9.17) is 0 Å². The highest BCUT2D eigenvalue weighted by Gasteiger charge is 1.93. The predicted octanol–water partition coefficient (Wildman–Crippen LogP) is 1.22. The molecule has 2 nitrogen and oxygen atoms in total. The summed E-state index contributed by atoms with van der Waals surface area (Å²) in [5.41, 5.74) is 1.45. The molecule has 2 heteroatoms. The molecule has 0 radical (unpaired) electrons. The van der Waals surface area contributed by atoms with E-state index >= 15 is 0 Å². The molecular formula is C7H11NO. The van der Waals surface area contributed by atoms with Gasteiger partial charge in [-0.1, -0.05) is 6.08 Å². The van der Waals surface area contributed by atoms with Crippen molar-refractivity contribution in [2.75, 3.05) is 7.05 Å². The van der Waals surface area contributed by atoms with Crippen molar-refractivity contribution in [3.05, 3.63) is 11.6 Å². The zero-order valence-corrected chi connectivity index (χ0v) is 6.01. The van der Waals surface area contributed by atoms with Crippen LogP contribution in [0.25, 0.3) is 0 Å². The van der Waals surface area contributed by atoms with E-state index in [2.05, 4.69) is 4.99 Å². The molecule has 0 heterocycles. The molecule has 0 aromatic heterocycles. The van der Waals surface area contributed by atoms with Crippen LogP contribution >= 0.6 is 0 Å². The van der Waals surface area contributed by atoms with Crippen molar-refractivity contribution in [3.63, 3.8) is 0 Å². The lowest BCUT2D eigenvalue weighted by atomic mass is 10.2. The molecule has 0 unspecified atom stereocenters. The Morgan fingerprint density at radius 2 is 2.11 bits per heavy atom. The van der Waals surface area contributed by atoms with Gasteiger partial charge in [-0.2, -0.15) is 0 Å². The minimum absolute atomic E-state index is 0.664. The normalized spacial score (nSPS) is 13.7. The summed E-state index contributed by atoms with van der Waals surface area (Å²) in [6.45, 7) is 3.63. The largest absolute Gasteiger partial charge is 0.298 e. The molecule has 0 spiro atoms. The predicted molar refractivity (Wildman–Crippen MR) is 38.9 cm³/mol. The standard InChI is InChI=1S/C7H11NO/c1-4-7(5-9)6(2)8-3/h4-5H,1-3H3/b7-4-,8-6?. The van der Waals surface area contributed by atoms with E-state index in [0.29, 0.717) is 5.57 Å². The minimum atomic E-state index is 0.664. The molecule has 0 rings (SSSR count). The number of aldehydes is 1. The first kappa shape index (κ1) is 8.08. The van der Waals surface area contributed by atoms with Crippen LogP contribution < -0.4 is 0 Å². The third kappa shape index (κ3) is 2.22. The molecule has 0 saturated heterocycles. The average Bonchev–Trinajstić information content (AvgIpc) is 1.90. The molecule has 0 N–H and O–H groups in total.